The summed E-state index contributed by atoms with van der Waals surface area (Å²) in [6.07, 6.45) is -3.34. The minimum absolute atomic E-state index is 0.180. The molecule has 0 aliphatic heterocycles. The van der Waals surface area contributed by atoms with E-state index in [9.17, 15) is 27.6 Å². The summed E-state index contributed by atoms with van der Waals surface area (Å²) >= 11 is 0. The molecule has 0 saturated carbocycles. The largest absolute Gasteiger partial charge is 0.416 e. The second-order valence-electron chi connectivity index (χ2n) is 7.34. The number of halogens is 3. The van der Waals surface area contributed by atoms with Crippen molar-refractivity contribution in [1.29, 1.82) is 0 Å². The van der Waals surface area contributed by atoms with E-state index in [1.54, 1.807) is 19.1 Å². The van der Waals surface area contributed by atoms with Crippen LogP contribution in [-0.2, 0) is 6.18 Å². The van der Waals surface area contributed by atoms with Gasteiger partial charge in [-0.15, -0.1) is 0 Å². The zero-order chi connectivity index (χ0) is 24.6. The Balaban J connectivity index is 2.27. The molecule has 2 aromatic carbocycles. The number of anilines is 2. The topological polar surface area (TPSA) is 90.5 Å². The number of rotatable bonds is 7. The van der Waals surface area contributed by atoms with Gasteiger partial charge in [-0.2, -0.15) is 13.2 Å². The number of hydrogen-bond acceptors (Lipinski definition) is 3. The van der Waals surface area contributed by atoms with E-state index in [4.69, 9.17) is 0 Å². The van der Waals surface area contributed by atoms with Crippen LogP contribution in [0.25, 0.3) is 0 Å². The van der Waals surface area contributed by atoms with Crippen LogP contribution in [0.3, 0.4) is 0 Å². The monoisotopic (exact) mass is 464 g/mol. The Labute approximate surface area is 190 Å². The Kier molecular flexibility index (Phi) is 8.84. The predicted octanol–water partition coefficient (Wildman–Crippen LogP) is 5.63. The van der Waals surface area contributed by atoms with Crippen molar-refractivity contribution in [3.05, 3.63) is 59.2 Å². The molecule has 0 radical (unpaired) electrons. The quantitative estimate of drug-likeness (QED) is 0.496. The number of amides is 5. The van der Waals surface area contributed by atoms with Gasteiger partial charge in [0.25, 0.3) is 5.91 Å². The second-order valence-corrected chi connectivity index (χ2v) is 7.34. The van der Waals surface area contributed by atoms with E-state index in [-0.39, 0.29) is 23.5 Å². The molecular formula is C23H27F3N4O3. The molecule has 0 unspecified atom stereocenters. The molecule has 0 saturated heterocycles. The van der Waals surface area contributed by atoms with E-state index in [0.717, 1.165) is 23.1 Å². The summed E-state index contributed by atoms with van der Waals surface area (Å²) in [5, 5.41) is 7.84. The van der Waals surface area contributed by atoms with Crippen molar-refractivity contribution >= 4 is 29.3 Å². The van der Waals surface area contributed by atoms with Crippen LogP contribution in [-0.4, -0.2) is 36.0 Å². The number of nitrogens with zero attached hydrogens (tertiary/aromatic N) is 1. The molecule has 0 atom stereocenters. The maximum Gasteiger partial charge on any atom is 0.416 e. The molecule has 2 aromatic rings. The number of urea groups is 2. The zero-order valence-electron chi connectivity index (χ0n) is 18.7. The highest BCUT2D eigenvalue weighted by atomic mass is 19.4. The van der Waals surface area contributed by atoms with Gasteiger partial charge in [-0.25, -0.2) is 14.5 Å². The Bertz CT molecular complexity index is 1010. The molecule has 10 heteroatoms. The summed E-state index contributed by atoms with van der Waals surface area (Å²) in [7, 11) is 0. The molecule has 0 bridgehead atoms. The van der Waals surface area contributed by atoms with Gasteiger partial charge in [-0.1, -0.05) is 32.0 Å². The highest BCUT2D eigenvalue weighted by Crippen LogP contribution is 2.30. The average Bonchev–Trinajstić information content (AvgIpc) is 2.77. The van der Waals surface area contributed by atoms with Crippen molar-refractivity contribution in [3.8, 4) is 0 Å². The van der Waals surface area contributed by atoms with Gasteiger partial charge < -0.3 is 16.0 Å². The molecule has 0 spiro atoms. The molecule has 33 heavy (non-hydrogen) atoms. The smallest absolute Gasteiger partial charge is 0.338 e. The molecule has 0 fully saturated rings. The summed E-state index contributed by atoms with van der Waals surface area (Å²) in [4.78, 5) is 38.9. The fourth-order valence-corrected chi connectivity index (χ4v) is 2.99. The van der Waals surface area contributed by atoms with Gasteiger partial charge in [0.15, 0.2) is 0 Å². The summed E-state index contributed by atoms with van der Waals surface area (Å²) in [6, 6.07) is 7.64. The first-order valence-electron chi connectivity index (χ1n) is 10.5. The molecule has 0 aromatic heterocycles. The van der Waals surface area contributed by atoms with E-state index in [1.807, 2.05) is 13.8 Å². The number of alkyl halides is 3. The van der Waals surface area contributed by atoms with Crippen LogP contribution in [0.1, 0.15) is 48.2 Å². The third-order valence-corrected chi connectivity index (χ3v) is 4.67. The minimum atomic E-state index is -4.58. The Morgan fingerprint density at radius 1 is 0.939 bits per heavy atom. The van der Waals surface area contributed by atoms with Gasteiger partial charge in [0.1, 0.15) is 0 Å². The molecule has 0 heterocycles. The molecule has 5 amide bonds. The molecular weight excluding hydrogens is 437 g/mol. The maximum atomic E-state index is 13.0. The molecule has 0 aliphatic rings. The number of carbonyl (C=O) groups excluding carboxylic acids is 3. The molecule has 2 rings (SSSR count). The number of imide groups is 1. The van der Waals surface area contributed by atoms with Gasteiger partial charge in [0.05, 0.1) is 16.9 Å². The fourth-order valence-electron chi connectivity index (χ4n) is 2.99. The van der Waals surface area contributed by atoms with Crippen molar-refractivity contribution in [3.63, 3.8) is 0 Å². The van der Waals surface area contributed by atoms with Gasteiger partial charge >= 0.3 is 18.2 Å². The standard InChI is InChI=1S/C23H27F3N4O3/c1-4-12-27-21(32)30(13-5-2)22(33)29-19-15(3)8-6-11-18(19)28-20(31)16-9-7-10-17(14-16)23(24,25)26/h6-11,14H,4-5,12-13H2,1-3H3,(H,27,32)(H,28,31)(H,29,33). The fraction of sp³-hybridized carbons (Fsp3) is 0.348. The van der Waals surface area contributed by atoms with Crippen LogP contribution in [0.5, 0.6) is 0 Å². The number of aryl methyl sites for hydroxylation is 1. The van der Waals surface area contributed by atoms with Crippen LogP contribution in [0.4, 0.5) is 34.1 Å². The van der Waals surface area contributed by atoms with E-state index in [1.165, 1.54) is 12.1 Å². The van der Waals surface area contributed by atoms with Crippen molar-refractivity contribution in [2.24, 2.45) is 0 Å². The van der Waals surface area contributed by atoms with Crippen LogP contribution < -0.4 is 16.0 Å². The third kappa shape index (κ3) is 6.96. The maximum absolute atomic E-state index is 13.0. The molecule has 7 nitrogen and oxygen atoms in total. The van der Waals surface area contributed by atoms with Gasteiger partial charge in [-0.3, -0.25) is 4.79 Å². The number of benzene rings is 2. The van der Waals surface area contributed by atoms with Gasteiger partial charge in [0, 0.05) is 18.7 Å². The number of para-hydroxylation sites is 1. The lowest BCUT2D eigenvalue weighted by molar-refractivity contribution is -0.137. The van der Waals surface area contributed by atoms with Gasteiger partial charge in [-0.05, 0) is 49.6 Å². The highest BCUT2D eigenvalue weighted by molar-refractivity contribution is 6.08. The first-order valence-corrected chi connectivity index (χ1v) is 10.5. The predicted molar refractivity (Wildman–Crippen MR) is 120 cm³/mol. The third-order valence-electron chi connectivity index (χ3n) is 4.67. The SMILES string of the molecule is CCCNC(=O)N(CCC)C(=O)Nc1c(C)cccc1NC(=O)c1cccc(C(F)(F)F)c1. The van der Waals surface area contributed by atoms with Crippen molar-refractivity contribution in [2.45, 2.75) is 39.8 Å². The van der Waals surface area contributed by atoms with Crippen molar-refractivity contribution in [1.82, 2.24) is 10.2 Å². The Morgan fingerprint density at radius 2 is 1.64 bits per heavy atom. The normalized spacial score (nSPS) is 11.0. The summed E-state index contributed by atoms with van der Waals surface area (Å²) in [5.41, 5.74) is -0.101. The molecule has 3 N–H and O–H groups in total. The molecule has 178 valence electrons. The number of carbonyl (C=O) groups is 3. The van der Waals surface area contributed by atoms with E-state index in [2.05, 4.69) is 16.0 Å². The summed E-state index contributed by atoms with van der Waals surface area (Å²) in [5.74, 6) is -0.770. The highest BCUT2D eigenvalue weighted by Gasteiger charge is 2.31. The number of nitrogens with one attached hydrogen (secondary N) is 3. The average molecular weight is 464 g/mol. The van der Waals surface area contributed by atoms with Crippen LogP contribution in [0, 0.1) is 6.92 Å². The zero-order valence-corrected chi connectivity index (χ0v) is 18.7. The van der Waals surface area contributed by atoms with Crippen LogP contribution in [0.2, 0.25) is 0 Å². The van der Waals surface area contributed by atoms with Crippen LogP contribution in [0.15, 0.2) is 42.5 Å². The van der Waals surface area contributed by atoms with E-state index in [0.29, 0.717) is 24.9 Å². The lowest BCUT2D eigenvalue weighted by Gasteiger charge is -2.23. The van der Waals surface area contributed by atoms with Crippen molar-refractivity contribution < 1.29 is 27.6 Å². The molecule has 0 aliphatic carbocycles. The first kappa shape index (κ1) is 25.7. The lowest BCUT2D eigenvalue weighted by atomic mass is 10.1. The second kappa shape index (κ2) is 11.3. The van der Waals surface area contributed by atoms with Crippen molar-refractivity contribution in [2.75, 3.05) is 23.7 Å². The van der Waals surface area contributed by atoms with Gasteiger partial charge in [0.2, 0.25) is 0 Å². The van der Waals surface area contributed by atoms with E-state index < -0.39 is 29.7 Å². The lowest BCUT2D eigenvalue weighted by Crippen LogP contribution is -2.46. The Hall–Kier alpha value is -3.56. The summed E-state index contributed by atoms with van der Waals surface area (Å²) < 4.78 is 39.0. The summed E-state index contributed by atoms with van der Waals surface area (Å²) in [6.45, 7) is 5.99. The van der Waals surface area contributed by atoms with Crippen LogP contribution >= 0.6 is 0 Å². The minimum Gasteiger partial charge on any atom is -0.338 e. The van der Waals surface area contributed by atoms with E-state index >= 15 is 0 Å². The Morgan fingerprint density at radius 3 is 2.27 bits per heavy atom. The first-order chi connectivity index (χ1) is 15.6. The number of hydrogen-bond donors (Lipinski definition) is 3.